The van der Waals surface area contributed by atoms with Gasteiger partial charge in [-0.1, -0.05) is 48.5 Å². The van der Waals surface area contributed by atoms with Crippen molar-refractivity contribution < 1.29 is 24.2 Å². The Balaban J connectivity index is 1.41. The van der Waals surface area contributed by atoms with E-state index < -0.39 is 24.0 Å². The molecule has 7 heteroatoms. The van der Waals surface area contributed by atoms with Crippen LogP contribution in [0.5, 0.6) is 0 Å². The highest BCUT2D eigenvalue weighted by Crippen LogP contribution is 2.44. The van der Waals surface area contributed by atoms with E-state index in [1.165, 1.54) is 4.90 Å². The number of ether oxygens (including phenoxy) is 1. The average molecular weight is 447 g/mol. The van der Waals surface area contributed by atoms with Crippen molar-refractivity contribution in [1.29, 1.82) is 0 Å². The van der Waals surface area contributed by atoms with Gasteiger partial charge in [-0.3, -0.25) is 9.59 Å². The topological polar surface area (TPSA) is 95.9 Å². The molecule has 1 saturated heterocycles. The number of rotatable bonds is 6. The highest BCUT2D eigenvalue weighted by atomic mass is 16.5. The Bertz CT molecular complexity index is 1090. The number of carboxylic acid groups (broad SMARTS) is 1. The first kappa shape index (κ1) is 22.4. The summed E-state index contributed by atoms with van der Waals surface area (Å²) < 4.78 is 5.56. The summed E-state index contributed by atoms with van der Waals surface area (Å²) in [4.78, 5) is 38.3. The molecule has 2 atom stereocenters. The smallest absolute Gasteiger partial charge is 0.407 e. The molecule has 170 valence electrons. The second kappa shape index (κ2) is 9.78. The lowest BCUT2D eigenvalue weighted by atomic mass is 9.98. The lowest BCUT2D eigenvalue weighted by Gasteiger charge is -2.23. The Labute approximate surface area is 192 Å². The van der Waals surface area contributed by atoms with Crippen LogP contribution >= 0.6 is 0 Å². The number of fused-ring (bicyclic) bond motifs is 3. The standard InChI is InChI=1S/C26H26N2O5/c1-2-3-12-23(24(29)28-14-13-17(15-28)25(30)31)27-26(32)33-16-22-20-10-6-4-8-18(20)19-9-5-7-11-21(19)22/h4-11,17,22-23H,12-16H2,1H3,(H,27,32)(H,30,31). The Kier molecular flexibility index (Phi) is 6.64. The van der Waals surface area contributed by atoms with Crippen LogP contribution in [0.25, 0.3) is 11.1 Å². The van der Waals surface area contributed by atoms with Crippen molar-refractivity contribution >= 4 is 18.0 Å². The molecule has 1 aliphatic carbocycles. The van der Waals surface area contributed by atoms with Crippen molar-refractivity contribution in [3.8, 4) is 23.0 Å². The molecule has 2 aliphatic rings. The lowest BCUT2D eigenvalue weighted by Crippen LogP contribution is -2.48. The molecule has 0 aromatic heterocycles. The zero-order valence-electron chi connectivity index (χ0n) is 18.4. The first-order valence-corrected chi connectivity index (χ1v) is 11.0. The molecule has 2 N–H and O–H groups in total. The van der Waals surface area contributed by atoms with Gasteiger partial charge in [-0.25, -0.2) is 4.79 Å². The molecule has 7 nitrogen and oxygen atoms in total. The third kappa shape index (κ3) is 4.70. The average Bonchev–Trinajstić information content (AvgIpc) is 3.44. The highest BCUT2D eigenvalue weighted by molar-refractivity contribution is 5.87. The number of nitrogens with one attached hydrogen (secondary N) is 1. The molecule has 1 aliphatic heterocycles. The van der Waals surface area contributed by atoms with Crippen LogP contribution in [0.3, 0.4) is 0 Å². The molecule has 33 heavy (non-hydrogen) atoms. The van der Waals surface area contributed by atoms with Crippen molar-refractivity contribution in [3.63, 3.8) is 0 Å². The van der Waals surface area contributed by atoms with Crippen LogP contribution in [0.2, 0.25) is 0 Å². The van der Waals surface area contributed by atoms with Crippen molar-refractivity contribution in [3.05, 3.63) is 59.7 Å². The number of hydrogen-bond acceptors (Lipinski definition) is 4. The fourth-order valence-electron chi connectivity index (χ4n) is 4.57. The van der Waals surface area contributed by atoms with Gasteiger partial charge in [-0.2, -0.15) is 0 Å². The highest BCUT2D eigenvalue weighted by Gasteiger charge is 2.35. The molecular formula is C26H26N2O5. The van der Waals surface area contributed by atoms with Gasteiger partial charge >= 0.3 is 12.1 Å². The van der Waals surface area contributed by atoms with Gasteiger partial charge in [0.25, 0.3) is 0 Å². The van der Waals surface area contributed by atoms with Crippen LogP contribution in [0.1, 0.15) is 36.8 Å². The van der Waals surface area contributed by atoms with Gasteiger partial charge in [0.1, 0.15) is 12.6 Å². The zero-order valence-corrected chi connectivity index (χ0v) is 18.4. The van der Waals surface area contributed by atoms with Gasteiger partial charge in [0.05, 0.1) is 5.92 Å². The number of alkyl carbamates (subject to hydrolysis) is 1. The van der Waals surface area contributed by atoms with E-state index in [0.29, 0.717) is 13.0 Å². The first-order chi connectivity index (χ1) is 16.0. The van der Waals surface area contributed by atoms with Crippen LogP contribution in [-0.2, 0) is 14.3 Å². The summed E-state index contributed by atoms with van der Waals surface area (Å²) in [6, 6.07) is 15.2. The van der Waals surface area contributed by atoms with E-state index in [-0.39, 0.29) is 31.4 Å². The molecule has 1 heterocycles. The van der Waals surface area contributed by atoms with E-state index in [1.54, 1.807) is 6.92 Å². The number of hydrogen-bond donors (Lipinski definition) is 2. The van der Waals surface area contributed by atoms with Gasteiger partial charge < -0.3 is 20.1 Å². The first-order valence-electron chi connectivity index (χ1n) is 11.0. The predicted octanol–water partition coefficient (Wildman–Crippen LogP) is 3.24. The number of nitrogens with zero attached hydrogens (tertiary/aromatic N) is 1. The van der Waals surface area contributed by atoms with Gasteiger partial charge in [0.15, 0.2) is 0 Å². The third-order valence-corrected chi connectivity index (χ3v) is 6.27. The second-order valence-corrected chi connectivity index (χ2v) is 8.26. The Morgan fingerprint density at radius 1 is 1.12 bits per heavy atom. The quantitative estimate of drug-likeness (QED) is 0.664. The van der Waals surface area contributed by atoms with Crippen LogP contribution < -0.4 is 5.32 Å². The van der Waals surface area contributed by atoms with Crippen molar-refractivity contribution in [1.82, 2.24) is 10.2 Å². The van der Waals surface area contributed by atoms with E-state index in [9.17, 15) is 19.5 Å². The van der Waals surface area contributed by atoms with E-state index >= 15 is 0 Å². The molecule has 0 saturated carbocycles. The molecule has 2 amide bonds. The number of amides is 2. The normalized spacial score (nSPS) is 17.4. The third-order valence-electron chi connectivity index (χ3n) is 6.27. The second-order valence-electron chi connectivity index (χ2n) is 8.26. The summed E-state index contributed by atoms with van der Waals surface area (Å²) in [6.07, 6.45) is -0.159. The zero-order chi connectivity index (χ0) is 23.4. The maximum absolute atomic E-state index is 12.9. The minimum atomic E-state index is -0.917. The van der Waals surface area contributed by atoms with E-state index in [1.807, 2.05) is 36.4 Å². The van der Waals surface area contributed by atoms with E-state index in [4.69, 9.17) is 4.74 Å². The molecule has 0 radical (unpaired) electrons. The molecule has 0 spiro atoms. The summed E-state index contributed by atoms with van der Waals surface area (Å²) in [5.74, 6) is 3.65. The largest absolute Gasteiger partial charge is 0.481 e. The minimum Gasteiger partial charge on any atom is -0.481 e. The number of carboxylic acids is 1. The van der Waals surface area contributed by atoms with Crippen molar-refractivity contribution in [2.24, 2.45) is 5.92 Å². The Morgan fingerprint density at radius 2 is 1.76 bits per heavy atom. The van der Waals surface area contributed by atoms with Crippen LogP contribution in [0.4, 0.5) is 4.79 Å². The molecule has 0 bridgehead atoms. The molecule has 4 rings (SSSR count). The Hall–Kier alpha value is -3.79. The summed E-state index contributed by atoms with van der Waals surface area (Å²) in [5, 5.41) is 11.8. The number of carbonyl (C=O) groups excluding carboxylic acids is 2. The van der Waals surface area contributed by atoms with Crippen LogP contribution in [0, 0.1) is 17.8 Å². The molecule has 2 aromatic rings. The van der Waals surface area contributed by atoms with Gasteiger partial charge in [-0.15, -0.1) is 11.8 Å². The number of benzene rings is 2. The fourth-order valence-corrected chi connectivity index (χ4v) is 4.57. The van der Waals surface area contributed by atoms with Gasteiger partial charge in [-0.05, 0) is 35.6 Å². The monoisotopic (exact) mass is 446 g/mol. The summed E-state index contributed by atoms with van der Waals surface area (Å²) >= 11 is 0. The molecule has 1 fully saturated rings. The SMILES string of the molecule is CC#CCC(NC(=O)OCC1c2ccccc2-c2ccccc21)C(=O)N1CCC(C(=O)O)C1. The summed E-state index contributed by atoms with van der Waals surface area (Å²) in [7, 11) is 0. The van der Waals surface area contributed by atoms with Gasteiger partial charge in [0.2, 0.25) is 5.91 Å². The van der Waals surface area contributed by atoms with Crippen molar-refractivity contribution in [2.75, 3.05) is 19.7 Å². The lowest BCUT2D eigenvalue weighted by molar-refractivity contribution is -0.141. The van der Waals surface area contributed by atoms with E-state index in [0.717, 1.165) is 22.3 Å². The maximum Gasteiger partial charge on any atom is 0.407 e. The summed E-state index contributed by atoms with van der Waals surface area (Å²) in [5.41, 5.74) is 4.48. The number of aliphatic carboxylic acids is 1. The van der Waals surface area contributed by atoms with Gasteiger partial charge in [0, 0.05) is 25.4 Å². The minimum absolute atomic E-state index is 0.0809. The van der Waals surface area contributed by atoms with Crippen LogP contribution in [-0.4, -0.2) is 53.7 Å². The fraction of sp³-hybridized carbons (Fsp3) is 0.346. The molecule has 2 unspecified atom stereocenters. The molecule has 2 aromatic carbocycles. The van der Waals surface area contributed by atoms with Crippen LogP contribution in [0.15, 0.2) is 48.5 Å². The van der Waals surface area contributed by atoms with E-state index in [2.05, 4.69) is 29.3 Å². The maximum atomic E-state index is 12.9. The number of carbonyl (C=O) groups is 3. The molecular weight excluding hydrogens is 420 g/mol. The Morgan fingerprint density at radius 3 is 2.33 bits per heavy atom. The predicted molar refractivity (Wildman–Crippen MR) is 122 cm³/mol. The summed E-state index contributed by atoms with van der Waals surface area (Å²) in [6.45, 7) is 2.28. The number of likely N-dealkylation sites (tertiary alicyclic amines) is 1. The van der Waals surface area contributed by atoms with Crippen molar-refractivity contribution in [2.45, 2.75) is 31.7 Å².